The third kappa shape index (κ3) is 4.90. The Hall–Kier alpha value is -3.43. The summed E-state index contributed by atoms with van der Waals surface area (Å²) in [5.41, 5.74) is 1.22. The molecule has 0 aliphatic heterocycles. The quantitative estimate of drug-likeness (QED) is 0.481. The SMILES string of the molecule is COc1cc2nnnc(N[C@H](C)c3cccc(C(F)(F)F)c3)c2cc1C1CCC(C(=O)O)CC1. The minimum Gasteiger partial charge on any atom is -0.496 e. The molecule has 10 heteroatoms. The lowest BCUT2D eigenvalue weighted by molar-refractivity contribution is -0.143. The summed E-state index contributed by atoms with van der Waals surface area (Å²) in [5.74, 6) is 0.0674. The fraction of sp³-hybridized carbons (Fsp3) is 0.417. The second-order valence-corrected chi connectivity index (χ2v) is 8.63. The molecule has 1 fully saturated rings. The number of benzene rings is 2. The predicted molar refractivity (Wildman–Crippen MR) is 120 cm³/mol. The number of methoxy groups -OCH3 is 1. The Morgan fingerprint density at radius 1 is 1.15 bits per heavy atom. The number of hydrogen-bond acceptors (Lipinski definition) is 6. The van der Waals surface area contributed by atoms with Crippen LogP contribution in [0.2, 0.25) is 0 Å². The van der Waals surface area contributed by atoms with E-state index in [2.05, 4.69) is 20.7 Å². The molecule has 1 heterocycles. The summed E-state index contributed by atoms with van der Waals surface area (Å²) < 4.78 is 45.0. The van der Waals surface area contributed by atoms with Crippen molar-refractivity contribution in [3.8, 4) is 5.75 Å². The van der Waals surface area contributed by atoms with E-state index in [-0.39, 0.29) is 11.8 Å². The molecular formula is C24H25F3N4O3. The summed E-state index contributed by atoms with van der Waals surface area (Å²) in [7, 11) is 1.57. The maximum atomic E-state index is 13.1. The van der Waals surface area contributed by atoms with Crippen molar-refractivity contribution in [3.63, 3.8) is 0 Å². The molecule has 1 aliphatic rings. The number of hydrogen-bond donors (Lipinski definition) is 2. The topological polar surface area (TPSA) is 97.2 Å². The number of nitrogens with zero attached hydrogens (tertiary/aromatic N) is 3. The summed E-state index contributed by atoms with van der Waals surface area (Å²) >= 11 is 0. The molecule has 0 bridgehead atoms. The molecule has 0 amide bonds. The van der Waals surface area contributed by atoms with Crippen LogP contribution in [-0.2, 0) is 11.0 Å². The summed E-state index contributed by atoms with van der Waals surface area (Å²) in [4.78, 5) is 11.3. The van der Waals surface area contributed by atoms with Gasteiger partial charge in [-0.2, -0.15) is 13.2 Å². The van der Waals surface area contributed by atoms with Gasteiger partial charge in [0.2, 0.25) is 0 Å². The summed E-state index contributed by atoms with van der Waals surface area (Å²) in [6.45, 7) is 1.75. The molecule has 1 atom stereocenters. The molecule has 180 valence electrons. The smallest absolute Gasteiger partial charge is 0.416 e. The number of fused-ring (bicyclic) bond motifs is 1. The summed E-state index contributed by atoms with van der Waals surface area (Å²) in [6.07, 6.45) is -1.82. The van der Waals surface area contributed by atoms with Crippen molar-refractivity contribution < 1.29 is 27.8 Å². The van der Waals surface area contributed by atoms with Crippen molar-refractivity contribution in [2.24, 2.45) is 5.92 Å². The number of carbonyl (C=O) groups is 1. The molecule has 1 aromatic heterocycles. The second-order valence-electron chi connectivity index (χ2n) is 8.63. The Kier molecular flexibility index (Phi) is 6.58. The Labute approximate surface area is 194 Å². The maximum absolute atomic E-state index is 13.1. The first-order chi connectivity index (χ1) is 16.2. The lowest BCUT2D eigenvalue weighted by Gasteiger charge is -2.27. The Morgan fingerprint density at radius 2 is 1.88 bits per heavy atom. The fourth-order valence-corrected chi connectivity index (χ4v) is 4.55. The van der Waals surface area contributed by atoms with Gasteiger partial charge in [-0.3, -0.25) is 4.79 Å². The number of rotatable bonds is 6. The van der Waals surface area contributed by atoms with Crippen LogP contribution in [0.5, 0.6) is 5.75 Å². The lowest BCUT2D eigenvalue weighted by atomic mass is 9.78. The molecule has 1 aliphatic carbocycles. The van der Waals surface area contributed by atoms with Crippen molar-refractivity contribution in [3.05, 3.63) is 53.1 Å². The van der Waals surface area contributed by atoms with Gasteiger partial charge in [-0.05, 0) is 73.1 Å². The minimum atomic E-state index is -4.43. The molecule has 34 heavy (non-hydrogen) atoms. The number of alkyl halides is 3. The molecule has 0 spiro atoms. The van der Waals surface area contributed by atoms with E-state index in [0.29, 0.717) is 53.7 Å². The number of nitrogens with one attached hydrogen (secondary N) is 1. The van der Waals surface area contributed by atoms with Gasteiger partial charge in [0, 0.05) is 11.5 Å². The van der Waals surface area contributed by atoms with Crippen molar-refractivity contribution in [2.75, 3.05) is 12.4 Å². The van der Waals surface area contributed by atoms with Crippen molar-refractivity contribution in [1.82, 2.24) is 15.4 Å². The second kappa shape index (κ2) is 9.44. The van der Waals surface area contributed by atoms with Gasteiger partial charge in [0.05, 0.1) is 24.6 Å². The third-order valence-electron chi connectivity index (χ3n) is 6.48. The first-order valence-electron chi connectivity index (χ1n) is 11.0. The highest BCUT2D eigenvalue weighted by molar-refractivity contribution is 5.90. The standard InChI is InChI=1S/C24H25F3N4O3/c1-13(16-4-3-5-17(10-16)24(25,26)27)28-22-19-11-18(14-6-8-15(9-7-14)23(32)33)21(34-2)12-20(19)29-31-30-22/h3-5,10-15H,6-9H2,1-2H3,(H,32,33)(H,28,29,30)/t13-,14?,15?/m1/s1. The van der Waals surface area contributed by atoms with E-state index in [1.165, 1.54) is 6.07 Å². The van der Waals surface area contributed by atoms with Crippen molar-refractivity contribution >= 4 is 22.7 Å². The Bertz CT molecular complexity index is 1190. The van der Waals surface area contributed by atoms with Gasteiger partial charge in [-0.15, -0.1) is 10.2 Å². The van der Waals surface area contributed by atoms with Gasteiger partial charge in [0.15, 0.2) is 5.82 Å². The van der Waals surface area contributed by atoms with Crippen molar-refractivity contribution in [1.29, 1.82) is 0 Å². The van der Waals surface area contributed by atoms with E-state index >= 15 is 0 Å². The van der Waals surface area contributed by atoms with Gasteiger partial charge in [-0.1, -0.05) is 12.1 Å². The summed E-state index contributed by atoms with van der Waals surface area (Å²) in [6, 6.07) is 8.37. The molecule has 2 aromatic carbocycles. The Balaban J connectivity index is 1.65. The molecule has 0 unspecified atom stereocenters. The first kappa shape index (κ1) is 23.7. The highest BCUT2D eigenvalue weighted by Gasteiger charge is 2.31. The van der Waals surface area contributed by atoms with E-state index in [1.54, 1.807) is 26.2 Å². The number of aromatic nitrogens is 3. The average molecular weight is 474 g/mol. The molecule has 3 aromatic rings. The monoisotopic (exact) mass is 474 g/mol. The fourth-order valence-electron chi connectivity index (χ4n) is 4.55. The number of anilines is 1. The molecule has 0 saturated heterocycles. The normalized spacial score (nSPS) is 19.6. The zero-order valence-electron chi connectivity index (χ0n) is 18.8. The van der Waals surface area contributed by atoms with Gasteiger partial charge in [0.1, 0.15) is 11.3 Å². The maximum Gasteiger partial charge on any atom is 0.416 e. The number of aliphatic carboxylic acids is 1. The molecule has 2 N–H and O–H groups in total. The number of ether oxygens (including phenoxy) is 1. The van der Waals surface area contributed by atoms with Crippen LogP contribution < -0.4 is 10.1 Å². The minimum absolute atomic E-state index is 0.122. The molecule has 4 rings (SSSR count). The van der Waals surface area contributed by atoms with Crippen molar-refractivity contribution in [2.45, 2.75) is 50.7 Å². The van der Waals surface area contributed by atoms with Crippen LogP contribution in [0.4, 0.5) is 19.0 Å². The van der Waals surface area contributed by atoms with Gasteiger partial charge >= 0.3 is 12.1 Å². The highest BCUT2D eigenvalue weighted by Crippen LogP contribution is 2.42. The third-order valence-corrected chi connectivity index (χ3v) is 6.48. The van der Waals surface area contributed by atoms with Crippen LogP contribution in [0.25, 0.3) is 10.9 Å². The molecule has 1 saturated carbocycles. The van der Waals surface area contributed by atoms with Crippen LogP contribution in [0.3, 0.4) is 0 Å². The largest absolute Gasteiger partial charge is 0.496 e. The average Bonchev–Trinajstić information content (AvgIpc) is 2.83. The molecule has 7 nitrogen and oxygen atoms in total. The van der Waals surface area contributed by atoms with Gasteiger partial charge < -0.3 is 15.2 Å². The van der Waals surface area contributed by atoms with Crippen LogP contribution in [-0.4, -0.2) is 33.6 Å². The summed E-state index contributed by atoms with van der Waals surface area (Å²) in [5, 5.41) is 25.1. The van der Waals surface area contributed by atoms with Crippen LogP contribution in [0.1, 0.15) is 61.3 Å². The zero-order chi connectivity index (χ0) is 24.5. The van der Waals surface area contributed by atoms with Crippen LogP contribution in [0.15, 0.2) is 36.4 Å². The first-order valence-corrected chi connectivity index (χ1v) is 11.0. The van der Waals surface area contributed by atoms with Gasteiger partial charge in [0.25, 0.3) is 0 Å². The number of carboxylic acid groups (broad SMARTS) is 1. The van der Waals surface area contributed by atoms with E-state index in [9.17, 15) is 23.1 Å². The van der Waals surface area contributed by atoms with Gasteiger partial charge in [-0.25, -0.2) is 0 Å². The molecule has 0 radical (unpaired) electrons. The van der Waals surface area contributed by atoms with Crippen LogP contribution >= 0.6 is 0 Å². The van der Waals surface area contributed by atoms with E-state index in [0.717, 1.165) is 17.7 Å². The van der Waals surface area contributed by atoms with Crippen LogP contribution in [0, 0.1) is 5.92 Å². The molecular weight excluding hydrogens is 449 g/mol. The predicted octanol–water partition coefficient (Wildman–Crippen LogP) is 5.58. The lowest BCUT2D eigenvalue weighted by Crippen LogP contribution is -2.20. The zero-order valence-corrected chi connectivity index (χ0v) is 18.8. The number of carboxylic acids is 1. The number of halogens is 3. The van der Waals surface area contributed by atoms with E-state index in [4.69, 9.17) is 4.74 Å². The highest BCUT2D eigenvalue weighted by atomic mass is 19.4. The Morgan fingerprint density at radius 3 is 2.53 bits per heavy atom. The van der Waals surface area contributed by atoms with E-state index < -0.39 is 23.8 Å². The van der Waals surface area contributed by atoms with E-state index in [1.807, 2.05) is 6.07 Å².